The highest BCUT2D eigenvalue weighted by Gasteiger charge is 2.35. The molecule has 4 rings (SSSR count). The van der Waals surface area contributed by atoms with E-state index in [2.05, 4.69) is 5.32 Å². The lowest BCUT2D eigenvalue weighted by Gasteiger charge is -2.34. The molecule has 0 aromatic heterocycles. The van der Waals surface area contributed by atoms with E-state index >= 15 is 0 Å². The highest BCUT2D eigenvalue weighted by Crippen LogP contribution is 2.29. The Labute approximate surface area is 278 Å². The number of aryl methyl sites for hydroxylation is 3. The van der Waals surface area contributed by atoms with Crippen molar-refractivity contribution in [3.8, 4) is 0 Å². The lowest BCUT2D eigenvalue weighted by molar-refractivity contribution is -0.140. The van der Waals surface area contributed by atoms with Gasteiger partial charge in [-0.15, -0.1) is 0 Å². The molecule has 242 valence electrons. The number of nitrogens with zero attached hydrogens (tertiary/aromatic N) is 2. The number of amides is 2. The van der Waals surface area contributed by atoms with Crippen molar-refractivity contribution in [2.75, 3.05) is 10.8 Å². The molecule has 2 atom stereocenters. The molecule has 0 saturated carbocycles. The van der Waals surface area contributed by atoms with E-state index in [1.54, 1.807) is 48.5 Å². The van der Waals surface area contributed by atoms with Crippen molar-refractivity contribution in [2.24, 2.45) is 0 Å². The first kappa shape index (κ1) is 34.7. The summed E-state index contributed by atoms with van der Waals surface area (Å²) in [4.78, 5) is 30.2. The molecule has 0 radical (unpaired) electrons. The Kier molecular flexibility index (Phi) is 11.7. The summed E-state index contributed by atoms with van der Waals surface area (Å²) in [5.41, 5.74) is 4.45. The smallest absolute Gasteiger partial charge is 0.264 e. The Balaban J connectivity index is 1.84. The number of hydrogen-bond acceptors (Lipinski definition) is 4. The van der Waals surface area contributed by atoms with Gasteiger partial charge in [-0.05, 0) is 86.7 Å². The Morgan fingerprint density at radius 2 is 1.48 bits per heavy atom. The van der Waals surface area contributed by atoms with Crippen LogP contribution in [-0.2, 0) is 32.6 Å². The SMILES string of the molecule is CC[C@H](C)NC(=O)[C@@H](Cc1ccccc1)N(Cc1cccc(Cl)c1)C(=O)CN(c1cc(C)ccc1C)S(=O)(=O)c1ccc(C)cc1. The summed E-state index contributed by atoms with van der Waals surface area (Å²) in [7, 11) is -4.18. The number of anilines is 1. The van der Waals surface area contributed by atoms with Crippen molar-refractivity contribution >= 4 is 39.1 Å². The first-order valence-corrected chi connectivity index (χ1v) is 17.3. The van der Waals surface area contributed by atoms with E-state index in [0.29, 0.717) is 22.7 Å². The van der Waals surface area contributed by atoms with E-state index in [1.807, 2.05) is 83.1 Å². The molecule has 0 aliphatic rings. The molecule has 0 fully saturated rings. The van der Waals surface area contributed by atoms with Gasteiger partial charge in [0, 0.05) is 24.0 Å². The second kappa shape index (κ2) is 15.4. The molecule has 9 heteroatoms. The molecule has 0 aliphatic carbocycles. The number of carbonyl (C=O) groups excluding carboxylic acids is 2. The maximum Gasteiger partial charge on any atom is 0.264 e. The fourth-order valence-electron chi connectivity index (χ4n) is 5.17. The minimum absolute atomic E-state index is 0.0516. The molecule has 0 bridgehead atoms. The van der Waals surface area contributed by atoms with Crippen LogP contribution in [0.25, 0.3) is 0 Å². The lowest BCUT2D eigenvalue weighted by atomic mass is 10.0. The zero-order valence-corrected chi connectivity index (χ0v) is 28.6. The van der Waals surface area contributed by atoms with Gasteiger partial charge in [-0.2, -0.15) is 0 Å². The largest absolute Gasteiger partial charge is 0.352 e. The summed E-state index contributed by atoms with van der Waals surface area (Å²) < 4.78 is 29.8. The number of sulfonamides is 1. The van der Waals surface area contributed by atoms with Crippen LogP contribution >= 0.6 is 11.6 Å². The van der Waals surface area contributed by atoms with Gasteiger partial charge >= 0.3 is 0 Å². The van der Waals surface area contributed by atoms with Gasteiger partial charge in [-0.1, -0.05) is 90.8 Å². The second-order valence-electron chi connectivity index (χ2n) is 11.8. The van der Waals surface area contributed by atoms with Crippen molar-refractivity contribution in [3.63, 3.8) is 0 Å². The molecule has 2 amide bonds. The quantitative estimate of drug-likeness (QED) is 0.167. The maximum absolute atomic E-state index is 14.6. The zero-order chi connectivity index (χ0) is 33.4. The van der Waals surface area contributed by atoms with Gasteiger partial charge in [0.05, 0.1) is 10.6 Å². The van der Waals surface area contributed by atoms with E-state index in [0.717, 1.165) is 22.3 Å². The minimum Gasteiger partial charge on any atom is -0.352 e. The van der Waals surface area contributed by atoms with Gasteiger partial charge in [0.15, 0.2) is 0 Å². The van der Waals surface area contributed by atoms with Crippen LogP contribution in [0.2, 0.25) is 5.02 Å². The van der Waals surface area contributed by atoms with Crippen molar-refractivity contribution in [2.45, 2.75) is 71.0 Å². The zero-order valence-electron chi connectivity index (χ0n) is 27.0. The van der Waals surface area contributed by atoms with Crippen LogP contribution in [0.5, 0.6) is 0 Å². The Morgan fingerprint density at radius 1 is 0.826 bits per heavy atom. The van der Waals surface area contributed by atoms with Gasteiger partial charge in [0.2, 0.25) is 11.8 Å². The summed E-state index contributed by atoms with van der Waals surface area (Å²) in [6.45, 7) is 9.01. The number of carbonyl (C=O) groups is 2. The van der Waals surface area contributed by atoms with Crippen LogP contribution in [0, 0.1) is 20.8 Å². The maximum atomic E-state index is 14.6. The minimum atomic E-state index is -4.18. The summed E-state index contributed by atoms with van der Waals surface area (Å²) in [5, 5.41) is 3.55. The first-order chi connectivity index (χ1) is 21.9. The highest BCUT2D eigenvalue weighted by atomic mass is 35.5. The lowest BCUT2D eigenvalue weighted by Crippen LogP contribution is -2.54. The Morgan fingerprint density at radius 3 is 2.13 bits per heavy atom. The molecule has 4 aromatic carbocycles. The Bertz CT molecular complexity index is 1760. The fourth-order valence-corrected chi connectivity index (χ4v) is 6.85. The molecule has 0 aliphatic heterocycles. The van der Waals surface area contributed by atoms with Crippen LogP contribution in [0.15, 0.2) is 102 Å². The molecule has 1 N–H and O–H groups in total. The molecule has 46 heavy (non-hydrogen) atoms. The summed E-state index contributed by atoms with van der Waals surface area (Å²) in [5.74, 6) is -0.829. The molecule has 0 unspecified atom stereocenters. The van der Waals surface area contributed by atoms with Gasteiger partial charge in [0.1, 0.15) is 12.6 Å². The molecular weight excluding hydrogens is 618 g/mol. The fraction of sp³-hybridized carbons (Fsp3) is 0.297. The average molecular weight is 660 g/mol. The number of rotatable bonds is 13. The van der Waals surface area contributed by atoms with Crippen molar-refractivity contribution in [1.82, 2.24) is 10.2 Å². The third-order valence-corrected chi connectivity index (χ3v) is 10.0. The van der Waals surface area contributed by atoms with Crippen molar-refractivity contribution < 1.29 is 18.0 Å². The number of benzene rings is 4. The number of halogens is 1. The summed E-state index contributed by atoms with van der Waals surface area (Å²) >= 11 is 6.33. The number of hydrogen-bond donors (Lipinski definition) is 1. The van der Waals surface area contributed by atoms with Crippen LogP contribution in [0.4, 0.5) is 5.69 Å². The molecule has 0 heterocycles. The predicted octanol–water partition coefficient (Wildman–Crippen LogP) is 7.02. The van der Waals surface area contributed by atoms with Gasteiger partial charge < -0.3 is 10.2 Å². The van der Waals surface area contributed by atoms with Crippen LogP contribution in [0.1, 0.15) is 48.1 Å². The molecule has 7 nitrogen and oxygen atoms in total. The molecule has 4 aromatic rings. The highest BCUT2D eigenvalue weighted by molar-refractivity contribution is 7.92. The van der Waals surface area contributed by atoms with E-state index in [-0.39, 0.29) is 29.8 Å². The van der Waals surface area contributed by atoms with E-state index in [9.17, 15) is 18.0 Å². The van der Waals surface area contributed by atoms with Crippen molar-refractivity contribution in [1.29, 1.82) is 0 Å². The van der Waals surface area contributed by atoms with Crippen LogP contribution < -0.4 is 9.62 Å². The predicted molar refractivity (Wildman–Crippen MR) is 185 cm³/mol. The summed E-state index contributed by atoms with van der Waals surface area (Å²) in [6, 6.07) is 27.6. The first-order valence-electron chi connectivity index (χ1n) is 15.4. The standard InChI is InChI=1S/C37H42ClN3O4S/c1-6-29(5)39-37(43)35(23-30-11-8-7-9-12-30)40(24-31-13-10-14-32(38)22-31)36(42)25-41(34-21-27(3)15-18-28(34)4)46(44,45)33-19-16-26(2)17-20-33/h7-22,29,35H,6,23-25H2,1-5H3,(H,39,43)/t29-,35+/m0/s1. The summed E-state index contributed by atoms with van der Waals surface area (Å²) in [6.07, 6.45) is 0.949. The number of nitrogens with one attached hydrogen (secondary N) is 1. The third kappa shape index (κ3) is 8.77. The molecular formula is C37H42ClN3O4S. The van der Waals surface area contributed by atoms with E-state index < -0.39 is 28.5 Å². The normalized spacial score (nSPS) is 12.7. The van der Waals surface area contributed by atoms with E-state index in [4.69, 9.17) is 11.6 Å². The van der Waals surface area contributed by atoms with E-state index in [1.165, 1.54) is 9.21 Å². The van der Waals surface area contributed by atoms with Crippen LogP contribution in [0.3, 0.4) is 0 Å². The monoisotopic (exact) mass is 659 g/mol. The topological polar surface area (TPSA) is 86.8 Å². The third-order valence-electron chi connectivity index (χ3n) is 8.04. The van der Waals surface area contributed by atoms with Crippen molar-refractivity contribution in [3.05, 3.63) is 130 Å². The Hall–Kier alpha value is -4.14. The second-order valence-corrected chi connectivity index (χ2v) is 14.1. The molecule has 0 saturated heterocycles. The van der Waals surface area contributed by atoms with Gasteiger partial charge in [-0.3, -0.25) is 13.9 Å². The van der Waals surface area contributed by atoms with Gasteiger partial charge in [0.25, 0.3) is 10.0 Å². The van der Waals surface area contributed by atoms with Gasteiger partial charge in [-0.25, -0.2) is 8.42 Å². The van der Waals surface area contributed by atoms with Crippen LogP contribution in [-0.4, -0.2) is 43.8 Å². The molecule has 0 spiro atoms. The average Bonchev–Trinajstić information content (AvgIpc) is 3.03.